The second kappa shape index (κ2) is 6.27. The van der Waals surface area contributed by atoms with Gasteiger partial charge in [0.1, 0.15) is 6.61 Å². The van der Waals surface area contributed by atoms with Crippen molar-refractivity contribution in [3.05, 3.63) is 35.4 Å². The maximum absolute atomic E-state index is 12.6. The van der Waals surface area contributed by atoms with Gasteiger partial charge in [-0.25, -0.2) is 0 Å². The second-order valence-corrected chi connectivity index (χ2v) is 8.00. The number of hydrogen-bond donors (Lipinski definition) is 0. The lowest BCUT2D eigenvalue weighted by Crippen LogP contribution is -2.30. The first kappa shape index (κ1) is 16.5. The van der Waals surface area contributed by atoms with Gasteiger partial charge in [-0.3, -0.25) is 4.79 Å². The number of hydrogen-bond acceptors (Lipinski definition) is 3. The molecule has 3 rings (SSSR count). The quantitative estimate of drug-likeness (QED) is 0.784. The predicted octanol–water partition coefficient (Wildman–Crippen LogP) is 4.13. The minimum Gasteiger partial charge on any atom is -0.462 e. The molecule has 1 unspecified atom stereocenters. The third-order valence-electron chi connectivity index (χ3n) is 5.12. The molecule has 126 valence electrons. The lowest BCUT2D eigenvalue weighted by atomic mass is 9.85. The zero-order valence-electron chi connectivity index (χ0n) is 14.6. The maximum Gasteiger partial charge on any atom is 0.316 e. The number of carbonyl (C=O) groups is 1. The van der Waals surface area contributed by atoms with E-state index in [1.54, 1.807) is 0 Å². The van der Waals surface area contributed by atoms with Gasteiger partial charge in [-0.15, -0.1) is 0 Å². The average molecular weight is 316 g/mol. The summed E-state index contributed by atoms with van der Waals surface area (Å²) in [7, 11) is 0. The molecule has 0 N–H and O–H groups in total. The molecule has 0 radical (unpaired) electrons. The molecule has 1 aromatic rings. The first-order valence-electron chi connectivity index (χ1n) is 8.82. The van der Waals surface area contributed by atoms with Crippen molar-refractivity contribution in [1.29, 1.82) is 0 Å². The number of esters is 1. The minimum absolute atomic E-state index is 0.0739. The van der Waals surface area contributed by atoms with Crippen LogP contribution in [0.1, 0.15) is 64.0 Å². The van der Waals surface area contributed by atoms with E-state index in [0.717, 1.165) is 37.9 Å². The van der Waals surface area contributed by atoms with Gasteiger partial charge in [0.05, 0.1) is 11.5 Å². The van der Waals surface area contributed by atoms with Crippen LogP contribution in [0.4, 0.5) is 0 Å². The lowest BCUT2D eigenvalue weighted by molar-refractivity contribution is -0.152. The molecule has 1 aliphatic heterocycles. The van der Waals surface area contributed by atoms with Crippen LogP contribution >= 0.6 is 0 Å². The molecular formula is C20H28O3. The summed E-state index contributed by atoms with van der Waals surface area (Å²) in [6.45, 7) is 7.80. The van der Waals surface area contributed by atoms with Crippen LogP contribution in [-0.2, 0) is 25.1 Å². The third-order valence-corrected chi connectivity index (χ3v) is 5.12. The molecule has 2 fully saturated rings. The number of ether oxygens (including phenoxy) is 2. The van der Waals surface area contributed by atoms with Crippen LogP contribution in [0, 0.1) is 0 Å². The van der Waals surface area contributed by atoms with Gasteiger partial charge in [0.15, 0.2) is 0 Å². The summed E-state index contributed by atoms with van der Waals surface area (Å²) < 4.78 is 11.2. The van der Waals surface area contributed by atoms with Gasteiger partial charge in [0, 0.05) is 6.61 Å². The normalized spacial score (nSPS) is 23.3. The molecule has 0 amide bonds. The van der Waals surface area contributed by atoms with Crippen molar-refractivity contribution >= 4 is 5.97 Å². The van der Waals surface area contributed by atoms with E-state index in [1.165, 1.54) is 12.0 Å². The van der Waals surface area contributed by atoms with Crippen molar-refractivity contribution in [2.75, 3.05) is 13.2 Å². The monoisotopic (exact) mass is 316 g/mol. The fourth-order valence-electron chi connectivity index (χ4n) is 3.27. The average Bonchev–Trinajstić information content (AvgIpc) is 3.35. The van der Waals surface area contributed by atoms with Crippen molar-refractivity contribution < 1.29 is 14.3 Å². The first-order chi connectivity index (χ1) is 10.9. The predicted molar refractivity (Wildman–Crippen MR) is 90.6 cm³/mol. The molecule has 1 heterocycles. The molecule has 1 saturated heterocycles. The Hall–Kier alpha value is -1.35. The van der Waals surface area contributed by atoms with Crippen molar-refractivity contribution in [3.8, 4) is 0 Å². The molecular weight excluding hydrogens is 288 g/mol. The highest BCUT2D eigenvalue weighted by Crippen LogP contribution is 2.49. The topological polar surface area (TPSA) is 35.5 Å². The van der Waals surface area contributed by atoms with Crippen molar-refractivity contribution in [3.63, 3.8) is 0 Å². The summed E-state index contributed by atoms with van der Waals surface area (Å²) in [6, 6.07) is 8.50. The lowest BCUT2D eigenvalue weighted by Gasteiger charge is -2.24. The van der Waals surface area contributed by atoms with Crippen molar-refractivity contribution in [2.45, 2.75) is 69.8 Å². The SMILES string of the molecule is CC(C)(C)c1ccc(C2(C(=O)OCC3CCCCO3)CC2)cc1. The van der Waals surface area contributed by atoms with E-state index in [-0.39, 0.29) is 17.5 Å². The van der Waals surface area contributed by atoms with Crippen LogP contribution in [0.5, 0.6) is 0 Å². The standard InChI is InChI=1S/C20H28O3/c1-19(2,3)15-7-9-16(10-8-15)20(11-12-20)18(21)23-14-17-6-4-5-13-22-17/h7-10,17H,4-6,11-14H2,1-3H3. The van der Waals surface area contributed by atoms with Gasteiger partial charge in [-0.05, 0) is 48.6 Å². The minimum atomic E-state index is -0.398. The summed E-state index contributed by atoms with van der Waals surface area (Å²) in [4.78, 5) is 12.6. The largest absolute Gasteiger partial charge is 0.462 e. The Labute approximate surface area is 139 Å². The van der Waals surface area contributed by atoms with Crippen LogP contribution in [-0.4, -0.2) is 25.3 Å². The molecule has 0 aromatic heterocycles. The van der Waals surface area contributed by atoms with E-state index in [1.807, 2.05) is 0 Å². The highest BCUT2D eigenvalue weighted by atomic mass is 16.6. The number of benzene rings is 1. The molecule has 1 saturated carbocycles. The van der Waals surface area contributed by atoms with E-state index < -0.39 is 5.41 Å². The molecule has 1 aliphatic carbocycles. The summed E-state index contributed by atoms with van der Waals surface area (Å²) in [5.74, 6) is -0.0739. The van der Waals surface area contributed by atoms with Crippen LogP contribution in [0.3, 0.4) is 0 Å². The van der Waals surface area contributed by atoms with E-state index in [0.29, 0.717) is 6.61 Å². The Morgan fingerprint density at radius 1 is 1.22 bits per heavy atom. The molecule has 23 heavy (non-hydrogen) atoms. The first-order valence-corrected chi connectivity index (χ1v) is 8.82. The molecule has 0 bridgehead atoms. The summed E-state index contributed by atoms with van der Waals surface area (Å²) in [6.07, 6.45) is 5.17. The third kappa shape index (κ3) is 3.60. The van der Waals surface area contributed by atoms with Gasteiger partial charge in [0.25, 0.3) is 0 Å². The van der Waals surface area contributed by atoms with E-state index in [4.69, 9.17) is 9.47 Å². The van der Waals surface area contributed by atoms with E-state index in [9.17, 15) is 4.79 Å². The second-order valence-electron chi connectivity index (χ2n) is 8.00. The summed E-state index contributed by atoms with van der Waals surface area (Å²) in [5.41, 5.74) is 2.13. The van der Waals surface area contributed by atoms with Gasteiger partial charge < -0.3 is 9.47 Å². The smallest absolute Gasteiger partial charge is 0.316 e. The zero-order valence-corrected chi connectivity index (χ0v) is 14.6. The zero-order chi connectivity index (χ0) is 16.5. The molecule has 2 aliphatic rings. The fraction of sp³-hybridized carbons (Fsp3) is 0.650. The Bertz CT molecular complexity index is 543. The summed E-state index contributed by atoms with van der Waals surface area (Å²) >= 11 is 0. The van der Waals surface area contributed by atoms with Gasteiger partial charge in [-0.2, -0.15) is 0 Å². The maximum atomic E-state index is 12.6. The Balaban J connectivity index is 1.63. The molecule has 3 heteroatoms. The van der Waals surface area contributed by atoms with Crippen LogP contribution in [0.25, 0.3) is 0 Å². The van der Waals surface area contributed by atoms with E-state index in [2.05, 4.69) is 45.0 Å². The highest BCUT2D eigenvalue weighted by molar-refractivity contribution is 5.86. The van der Waals surface area contributed by atoms with E-state index >= 15 is 0 Å². The number of carbonyl (C=O) groups excluding carboxylic acids is 1. The van der Waals surface area contributed by atoms with Crippen LogP contribution in [0.2, 0.25) is 0 Å². The van der Waals surface area contributed by atoms with Crippen molar-refractivity contribution in [2.24, 2.45) is 0 Å². The van der Waals surface area contributed by atoms with Gasteiger partial charge >= 0.3 is 5.97 Å². The molecule has 1 atom stereocenters. The summed E-state index contributed by atoms with van der Waals surface area (Å²) in [5, 5.41) is 0. The molecule has 1 aromatic carbocycles. The fourth-order valence-corrected chi connectivity index (χ4v) is 3.27. The van der Waals surface area contributed by atoms with Gasteiger partial charge in [-0.1, -0.05) is 45.0 Å². The van der Waals surface area contributed by atoms with Crippen molar-refractivity contribution in [1.82, 2.24) is 0 Å². The Kier molecular flexibility index (Phi) is 4.50. The molecule has 3 nitrogen and oxygen atoms in total. The van der Waals surface area contributed by atoms with Gasteiger partial charge in [0.2, 0.25) is 0 Å². The highest BCUT2D eigenvalue weighted by Gasteiger charge is 2.52. The van der Waals surface area contributed by atoms with Crippen LogP contribution < -0.4 is 0 Å². The van der Waals surface area contributed by atoms with Crippen LogP contribution in [0.15, 0.2) is 24.3 Å². The Morgan fingerprint density at radius 2 is 1.91 bits per heavy atom. The Morgan fingerprint density at radius 3 is 2.43 bits per heavy atom. The molecule has 0 spiro atoms. The number of rotatable bonds is 4.